The maximum Gasteiger partial charge on any atom is 0.164 e. The molecule has 1 fully saturated rings. The van der Waals surface area contributed by atoms with Crippen molar-refractivity contribution in [2.75, 3.05) is 0 Å². The molecule has 1 saturated carbocycles. The predicted octanol–water partition coefficient (Wildman–Crippen LogP) is 2.67. The summed E-state index contributed by atoms with van der Waals surface area (Å²) in [7, 11) is 0. The molecular weight excluding hydrogens is 205 g/mol. The zero-order chi connectivity index (χ0) is 11.6. The van der Waals surface area contributed by atoms with E-state index in [-0.39, 0.29) is 17.1 Å². The number of hydrogen-bond donors (Lipinski definition) is 1. The van der Waals surface area contributed by atoms with Crippen LogP contribution in [0.15, 0.2) is 24.3 Å². The van der Waals surface area contributed by atoms with Gasteiger partial charge in [0.05, 0.1) is 0 Å². The molecule has 2 rings (SSSR count). The van der Waals surface area contributed by atoms with Gasteiger partial charge in [-0.2, -0.15) is 0 Å². The van der Waals surface area contributed by atoms with Gasteiger partial charge in [-0.25, -0.2) is 4.39 Å². The molecule has 0 saturated heterocycles. The Morgan fingerprint density at radius 1 is 1.25 bits per heavy atom. The number of carbonyl (C=O) groups is 1. The first-order valence-electron chi connectivity index (χ1n) is 5.67. The summed E-state index contributed by atoms with van der Waals surface area (Å²) in [5, 5.41) is 0. The molecule has 0 aliphatic heterocycles. The Labute approximate surface area is 94.6 Å². The molecular formula is C13H16FNO. The average molecular weight is 221 g/mol. The van der Waals surface area contributed by atoms with Gasteiger partial charge in [0.25, 0.3) is 0 Å². The van der Waals surface area contributed by atoms with Crippen molar-refractivity contribution in [2.45, 2.75) is 37.6 Å². The van der Waals surface area contributed by atoms with Crippen molar-refractivity contribution in [3.05, 3.63) is 35.6 Å². The van der Waals surface area contributed by atoms with Crippen LogP contribution in [0.5, 0.6) is 0 Å². The first-order valence-corrected chi connectivity index (χ1v) is 5.67. The second-order valence-electron chi connectivity index (χ2n) is 4.68. The van der Waals surface area contributed by atoms with Crippen LogP contribution in [-0.2, 0) is 0 Å². The van der Waals surface area contributed by atoms with E-state index in [0.29, 0.717) is 12.0 Å². The summed E-state index contributed by atoms with van der Waals surface area (Å²) in [6, 6.07) is 5.67. The van der Waals surface area contributed by atoms with Crippen molar-refractivity contribution >= 4 is 5.78 Å². The van der Waals surface area contributed by atoms with E-state index in [0.717, 1.165) is 25.7 Å². The van der Waals surface area contributed by atoms with E-state index in [1.54, 1.807) is 0 Å². The third-order valence-electron chi connectivity index (χ3n) is 3.28. The molecule has 0 spiro atoms. The van der Waals surface area contributed by atoms with E-state index in [1.165, 1.54) is 24.3 Å². The number of Topliss-reactive ketones (excluding diaryl/α,β-unsaturated/α-hetero) is 1. The fourth-order valence-electron chi connectivity index (χ4n) is 2.31. The van der Waals surface area contributed by atoms with Crippen molar-refractivity contribution in [3.8, 4) is 0 Å². The molecule has 1 aromatic rings. The highest BCUT2D eigenvalue weighted by Gasteiger charge is 2.31. The van der Waals surface area contributed by atoms with E-state index in [9.17, 15) is 9.18 Å². The molecule has 0 radical (unpaired) electrons. The summed E-state index contributed by atoms with van der Waals surface area (Å²) in [6.07, 6.45) is 4.42. The lowest BCUT2D eigenvalue weighted by Gasteiger charge is -2.22. The molecule has 0 atom stereocenters. The predicted molar refractivity (Wildman–Crippen MR) is 60.7 cm³/mol. The molecule has 86 valence electrons. The summed E-state index contributed by atoms with van der Waals surface area (Å²) in [6.45, 7) is 0. The van der Waals surface area contributed by atoms with Crippen LogP contribution >= 0.6 is 0 Å². The van der Waals surface area contributed by atoms with Crippen LogP contribution in [0, 0.1) is 5.82 Å². The number of benzene rings is 1. The zero-order valence-electron chi connectivity index (χ0n) is 9.21. The average Bonchev–Trinajstić information content (AvgIpc) is 2.65. The van der Waals surface area contributed by atoms with Crippen LogP contribution in [0.4, 0.5) is 4.39 Å². The van der Waals surface area contributed by atoms with Gasteiger partial charge in [0.15, 0.2) is 5.78 Å². The maximum absolute atomic E-state index is 12.7. The van der Waals surface area contributed by atoms with Gasteiger partial charge in [0.2, 0.25) is 0 Å². The summed E-state index contributed by atoms with van der Waals surface area (Å²) >= 11 is 0. The number of carbonyl (C=O) groups excluding carboxylic acids is 1. The lowest BCUT2D eigenvalue weighted by atomic mass is 9.90. The largest absolute Gasteiger partial charge is 0.325 e. The van der Waals surface area contributed by atoms with E-state index >= 15 is 0 Å². The van der Waals surface area contributed by atoms with Crippen LogP contribution in [0.1, 0.15) is 42.5 Å². The Morgan fingerprint density at radius 3 is 2.38 bits per heavy atom. The molecule has 2 N–H and O–H groups in total. The minimum atomic E-state index is -0.328. The number of rotatable bonds is 3. The Balaban J connectivity index is 2.05. The molecule has 0 aromatic heterocycles. The van der Waals surface area contributed by atoms with Gasteiger partial charge in [0.1, 0.15) is 5.82 Å². The third kappa shape index (κ3) is 2.47. The molecule has 16 heavy (non-hydrogen) atoms. The van der Waals surface area contributed by atoms with Crippen molar-refractivity contribution in [3.63, 3.8) is 0 Å². The second kappa shape index (κ2) is 4.34. The minimum Gasteiger partial charge on any atom is -0.325 e. The minimum absolute atomic E-state index is 0.0180. The van der Waals surface area contributed by atoms with Gasteiger partial charge in [-0.3, -0.25) is 4.79 Å². The van der Waals surface area contributed by atoms with Crippen LogP contribution in [0.2, 0.25) is 0 Å². The third-order valence-corrected chi connectivity index (χ3v) is 3.28. The molecule has 0 bridgehead atoms. The highest BCUT2D eigenvalue weighted by atomic mass is 19.1. The van der Waals surface area contributed by atoms with E-state index in [2.05, 4.69) is 0 Å². The smallest absolute Gasteiger partial charge is 0.164 e. The standard InChI is InChI=1S/C13H16FNO/c14-11-5-3-10(4-6-11)12(16)9-13(15)7-1-2-8-13/h3-6H,1-2,7-9,15H2. The van der Waals surface area contributed by atoms with Crippen molar-refractivity contribution in [2.24, 2.45) is 5.73 Å². The van der Waals surface area contributed by atoms with Crippen LogP contribution < -0.4 is 5.73 Å². The molecule has 1 aromatic carbocycles. The van der Waals surface area contributed by atoms with E-state index in [4.69, 9.17) is 5.73 Å². The molecule has 1 aliphatic carbocycles. The van der Waals surface area contributed by atoms with Crippen molar-refractivity contribution < 1.29 is 9.18 Å². The maximum atomic E-state index is 12.7. The van der Waals surface area contributed by atoms with Gasteiger partial charge in [0, 0.05) is 17.5 Å². The number of nitrogens with two attached hydrogens (primary N) is 1. The van der Waals surface area contributed by atoms with E-state index in [1.807, 2.05) is 0 Å². The second-order valence-corrected chi connectivity index (χ2v) is 4.68. The highest BCUT2D eigenvalue weighted by molar-refractivity contribution is 5.96. The Bertz CT molecular complexity index is 379. The van der Waals surface area contributed by atoms with Gasteiger partial charge in [-0.1, -0.05) is 12.8 Å². The summed E-state index contributed by atoms with van der Waals surface area (Å²) in [5.74, 6) is -0.302. The SMILES string of the molecule is NC1(CC(=O)c2ccc(F)cc2)CCCC1. The fraction of sp³-hybridized carbons (Fsp3) is 0.462. The molecule has 0 heterocycles. The first kappa shape index (κ1) is 11.3. The molecule has 0 amide bonds. The Hall–Kier alpha value is -1.22. The van der Waals surface area contributed by atoms with Crippen molar-refractivity contribution in [1.29, 1.82) is 0 Å². The van der Waals surface area contributed by atoms with Crippen molar-refractivity contribution in [1.82, 2.24) is 0 Å². The van der Waals surface area contributed by atoms with Crippen LogP contribution in [0.25, 0.3) is 0 Å². The molecule has 3 heteroatoms. The zero-order valence-corrected chi connectivity index (χ0v) is 9.21. The van der Waals surface area contributed by atoms with Gasteiger partial charge in [-0.05, 0) is 37.1 Å². The quantitative estimate of drug-likeness (QED) is 0.797. The van der Waals surface area contributed by atoms with Crippen LogP contribution in [-0.4, -0.2) is 11.3 Å². The Kier molecular flexibility index (Phi) is 3.06. The summed E-state index contributed by atoms with van der Waals surface area (Å²) in [4.78, 5) is 11.9. The van der Waals surface area contributed by atoms with Gasteiger partial charge >= 0.3 is 0 Å². The van der Waals surface area contributed by atoms with Gasteiger partial charge < -0.3 is 5.73 Å². The first-order chi connectivity index (χ1) is 7.59. The highest BCUT2D eigenvalue weighted by Crippen LogP contribution is 2.31. The lowest BCUT2D eigenvalue weighted by molar-refractivity contribution is 0.0952. The lowest BCUT2D eigenvalue weighted by Crippen LogP contribution is -2.38. The normalized spacial score (nSPS) is 18.6. The molecule has 1 aliphatic rings. The molecule has 0 unspecified atom stereocenters. The fourth-order valence-corrected chi connectivity index (χ4v) is 2.31. The summed E-state index contributed by atoms with van der Waals surface area (Å²) < 4.78 is 12.7. The van der Waals surface area contributed by atoms with E-state index < -0.39 is 0 Å². The number of ketones is 1. The summed E-state index contributed by atoms with van der Waals surface area (Å²) in [5.41, 5.74) is 6.36. The van der Waals surface area contributed by atoms with Gasteiger partial charge in [-0.15, -0.1) is 0 Å². The van der Waals surface area contributed by atoms with Crippen LogP contribution in [0.3, 0.4) is 0 Å². The number of halogens is 1. The molecule has 2 nitrogen and oxygen atoms in total. The topological polar surface area (TPSA) is 43.1 Å². The monoisotopic (exact) mass is 221 g/mol. The Morgan fingerprint density at radius 2 is 1.81 bits per heavy atom. The number of hydrogen-bond acceptors (Lipinski definition) is 2.